The van der Waals surface area contributed by atoms with Crippen LogP contribution in [0.1, 0.15) is 49.0 Å². The van der Waals surface area contributed by atoms with Gasteiger partial charge in [-0.05, 0) is 19.3 Å². The van der Waals surface area contributed by atoms with Gasteiger partial charge in [-0.15, -0.1) is 0 Å². The number of nitrogens with one attached hydrogen (secondary N) is 1. The maximum absolute atomic E-state index is 12.5. The maximum Gasteiger partial charge on any atom is 0.274 e. The van der Waals surface area contributed by atoms with Crippen LogP contribution in [0.2, 0.25) is 0 Å². The summed E-state index contributed by atoms with van der Waals surface area (Å²) in [5.74, 6) is 0.905. The van der Waals surface area contributed by atoms with Crippen LogP contribution in [-0.4, -0.2) is 40.0 Å². The molecule has 5 heteroatoms. The second-order valence-electron chi connectivity index (χ2n) is 5.63. The normalized spacial score (nSPS) is 19.6. The van der Waals surface area contributed by atoms with E-state index in [0.29, 0.717) is 11.7 Å². The highest BCUT2D eigenvalue weighted by Crippen LogP contribution is 2.23. The molecule has 0 bridgehead atoms. The number of aryl methyl sites for hydroxylation is 1. The average Bonchev–Trinajstić information content (AvgIpc) is 2.90. The van der Waals surface area contributed by atoms with E-state index in [4.69, 9.17) is 0 Å². The third kappa shape index (κ3) is 2.46. The van der Waals surface area contributed by atoms with Crippen molar-refractivity contribution in [3.05, 3.63) is 11.9 Å². The lowest BCUT2D eigenvalue weighted by Gasteiger charge is -2.30. The predicted molar refractivity (Wildman–Crippen MR) is 74.3 cm³/mol. The van der Waals surface area contributed by atoms with Crippen molar-refractivity contribution in [1.29, 1.82) is 0 Å². The van der Waals surface area contributed by atoms with Gasteiger partial charge in [0.25, 0.3) is 5.91 Å². The van der Waals surface area contributed by atoms with E-state index in [2.05, 4.69) is 10.3 Å². The molecule has 2 aliphatic rings. The Bertz CT molecular complexity index is 439. The number of imidazole rings is 1. The Labute approximate surface area is 114 Å². The monoisotopic (exact) mass is 262 g/mol. The minimum absolute atomic E-state index is 0.0654. The summed E-state index contributed by atoms with van der Waals surface area (Å²) >= 11 is 0. The molecule has 1 amide bonds. The summed E-state index contributed by atoms with van der Waals surface area (Å²) in [6, 6.07) is 0.396. The number of rotatable bonds is 2. The third-order valence-electron chi connectivity index (χ3n) is 4.30. The molecule has 1 aromatic heterocycles. The van der Waals surface area contributed by atoms with Crippen molar-refractivity contribution in [3.63, 3.8) is 0 Å². The van der Waals surface area contributed by atoms with E-state index in [1.165, 1.54) is 19.3 Å². The van der Waals surface area contributed by atoms with Crippen LogP contribution >= 0.6 is 0 Å². The molecule has 0 radical (unpaired) electrons. The SMILES string of the molecule is CN(C(=O)c1cn2c(n1)NCCC2)C1CCCCC1. The molecule has 1 aliphatic heterocycles. The van der Waals surface area contributed by atoms with Gasteiger partial charge in [-0.2, -0.15) is 0 Å². The summed E-state index contributed by atoms with van der Waals surface area (Å²) in [4.78, 5) is 18.8. The number of carbonyl (C=O) groups excluding carboxylic acids is 1. The molecule has 1 N–H and O–H groups in total. The molecular weight excluding hydrogens is 240 g/mol. The fourth-order valence-corrected chi connectivity index (χ4v) is 3.09. The van der Waals surface area contributed by atoms with Crippen LogP contribution in [0.5, 0.6) is 0 Å². The van der Waals surface area contributed by atoms with Crippen LogP contribution in [0.25, 0.3) is 0 Å². The first-order valence-corrected chi connectivity index (χ1v) is 7.34. The Kier molecular flexibility index (Phi) is 3.44. The first kappa shape index (κ1) is 12.5. The van der Waals surface area contributed by atoms with E-state index in [1.54, 1.807) is 0 Å². The Morgan fingerprint density at radius 2 is 2.16 bits per heavy atom. The first-order valence-electron chi connectivity index (χ1n) is 7.34. The van der Waals surface area contributed by atoms with Crippen molar-refractivity contribution in [2.24, 2.45) is 0 Å². The highest BCUT2D eigenvalue weighted by molar-refractivity contribution is 5.92. The van der Waals surface area contributed by atoms with Crippen LogP contribution in [0.4, 0.5) is 5.95 Å². The summed E-state index contributed by atoms with van der Waals surface area (Å²) in [5.41, 5.74) is 0.581. The van der Waals surface area contributed by atoms with E-state index in [-0.39, 0.29) is 5.91 Å². The Morgan fingerprint density at radius 1 is 1.37 bits per heavy atom. The van der Waals surface area contributed by atoms with Crippen LogP contribution in [0, 0.1) is 0 Å². The van der Waals surface area contributed by atoms with Gasteiger partial charge in [-0.3, -0.25) is 4.79 Å². The van der Waals surface area contributed by atoms with Crippen molar-refractivity contribution in [2.75, 3.05) is 18.9 Å². The zero-order valence-electron chi connectivity index (χ0n) is 11.6. The van der Waals surface area contributed by atoms with Gasteiger partial charge in [-0.25, -0.2) is 4.98 Å². The predicted octanol–water partition coefficient (Wildman–Crippen LogP) is 2.10. The molecule has 1 aliphatic carbocycles. The topological polar surface area (TPSA) is 50.2 Å². The summed E-state index contributed by atoms with van der Waals surface area (Å²) in [7, 11) is 1.92. The van der Waals surface area contributed by atoms with Crippen molar-refractivity contribution in [2.45, 2.75) is 51.1 Å². The molecule has 0 saturated heterocycles. The van der Waals surface area contributed by atoms with Crippen molar-refractivity contribution in [3.8, 4) is 0 Å². The molecule has 1 saturated carbocycles. The molecule has 5 nitrogen and oxygen atoms in total. The van der Waals surface area contributed by atoms with Crippen molar-refractivity contribution in [1.82, 2.24) is 14.5 Å². The number of nitrogens with zero attached hydrogens (tertiary/aromatic N) is 3. The highest BCUT2D eigenvalue weighted by Gasteiger charge is 2.25. The average molecular weight is 262 g/mol. The van der Waals surface area contributed by atoms with Gasteiger partial charge in [0, 0.05) is 32.4 Å². The molecular formula is C14H22N4O. The molecule has 1 aromatic rings. The zero-order valence-corrected chi connectivity index (χ0v) is 11.6. The lowest BCUT2D eigenvalue weighted by molar-refractivity contribution is 0.0691. The number of hydrogen-bond acceptors (Lipinski definition) is 3. The molecule has 3 rings (SSSR count). The second-order valence-corrected chi connectivity index (χ2v) is 5.63. The van der Waals surface area contributed by atoms with Crippen molar-refractivity contribution < 1.29 is 4.79 Å². The molecule has 2 heterocycles. The summed E-state index contributed by atoms with van der Waals surface area (Å²) in [5, 5.41) is 3.24. The number of anilines is 1. The maximum atomic E-state index is 12.5. The highest BCUT2D eigenvalue weighted by atomic mass is 16.2. The molecule has 0 spiro atoms. The van der Waals surface area contributed by atoms with Gasteiger partial charge >= 0.3 is 0 Å². The smallest absolute Gasteiger partial charge is 0.274 e. The van der Waals surface area contributed by atoms with Crippen LogP contribution in [-0.2, 0) is 6.54 Å². The van der Waals surface area contributed by atoms with E-state index in [0.717, 1.165) is 38.3 Å². The molecule has 1 fully saturated rings. The molecule has 0 unspecified atom stereocenters. The quantitative estimate of drug-likeness (QED) is 0.888. The first-order chi connectivity index (χ1) is 9.25. The third-order valence-corrected chi connectivity index (χ3v) is 4.30. The van der Waals surface area contributed by atoms with E-state index < -0.39 is 0 Å². The minimum Gasteiger partial charge on any atom is -0.356 e. The van der Waals surface area contributed by atoms with E-state index in [1.807, 2.05) is 22.7 Å². The number of amides is 1. The lowest BCUT2D eigenvalue weighted by atomic mass is 9.94. The summed E-state index contributed by atoms with van der Waals surface area (Å²) in [6.45, 7) is 1.90. The molecule has 0 aromatic carbocycles. The van der Waals surface area contributed by atoms with Gasteiger partial charge in [0.1, 0.15) is 5.69 Å². The summed E-state index contributed by atoms with van der Waals surface area (Å²) < 4.78 is 2.05. The van der Waals surface area contributed by atoms with E-state index in [9.17, 15) is 4.79 Å². The van der Waals surface area contributed by atoms with Gasteiger partial charge in [0.15, 0.2) is 0 Å². The molecule has 0 atom stereocenters. The standard InChI is InChI=1S/C14H22N4O/c1-17(11-6-3-2-4-7-11)13(19)12-10-18-9-5-8-15-14(18)16-12/h10-11H,2-9H2,1H3,(H,15,16). The molecule has 19 heavy (non-hydrogen) atoms. The zero-order chi connectivity index (χ0) is 13.2. The van der Waals surface area contributed by atoms with Gasteiger partial charge in [0.05, 0.1) is 0 Å². The minimum atomic E-state index is 0.0654. The number of hydrogen-bond donors (Lipinski definition) is 1. The van der Waals surface area contributed by atoms with Crippen LogP contribution in [0.3, 0.4) is 0 Å². The Balaban J connectivity index is 1.73. The second kappa shape index (κ2) is 5.23. The van der Waals surface area contributed by atoms with Gasteiger partial charge in [0.2, 0.25) is 5.95 Å². The fourth-order valence-electron chi connectivity index (χ4n) is 3.09. The van der Waals surface area contributed by atoms with Crippen molar-refractivity contribution >= 4 is 11.9 Å². The molecule has 104 valence electrons. The largest absolute Gasteiger partial charge is 0.356 e. The lowest BCUT2D eigenvalue weighted by Crippen LogP contribution is -2.38. The Hall–Kier alpha value is -1.52. The van der Waals surface area contributed by atoms with Crippen LogP contribution in [0.15, 0.2) is 6.20 Å². The number of aromatic nitrogens is 2. The van der Waals surface area contributed by atoms with E-state index >= 15 is 0 Å². The Morgan fingerprint density at radius 3 is 2.89 bits per heavy atom. The number of fused-ring (bicyclic) bond motifs is 1. The van der Waals surface area contributed by atoms with Gasteiger partial charge in [-0.1, -0.05) is 19.3 Å². The number of carbonyl (C=O) groups is 1. The summed E-state index contributed by atoms with van der Waals surface area (Å²) in [6.07, 6.45) is 9.04. The van der Waals surface area contributed by atoms with Crippen LogP contribution < -0.4 is 5.32 Å². The fraction of sp³-hybridized carbons (Fsp3) is 0.714. The van der Waals surface area contributed by atoms with Gasteiger partial charge < -0.3 is 14.8 Å².